The van der Waals surface area contributed by atoms with Crippen LogP contribution in [0.5, 0.6) is 0 Å². The van der Waals surface area contributed by atoms with Gasteiger partial charge in [-0.25, -0.2) is 8.42 Å². The molecule has 0 bridgehead atoms. The van der Waals surface area contributed by atoms with Crippen LogP contribution in [0.25, 0.3) is 0 Å². The van der Waals surface area contributed by atoms with Crippen molar-refractivity contribution in [1.29, 1.82) is 0 Å². The van der Waals surface area contributed by atoms with Crippen molar-refractivity contribution in [2.45, 2.75) is 32.7 Å². The molecule has 1 rings (SSSR count). The second-order valence-electron chi connectivity index (χ2n) is 5.62. The third kappa shape index (κ3) is 5.03. The highest BCUT2D eigenvalue weighted by atomic mass is 32.2. The molecule has 18 heavy (non-hydrogen) atoms. The summed E-state index contributed by atoms with van der Waals surface area (Å²) in [6, 6.07) is 0. The van der Waals surface area contributed by atoms with Crippen molar-refractivity contribution in [2.24, 2.45) is 5.92 Å². The minimum atomic E-state index is -3.07. The van der Waals surface area contributed by atoms with Crippen molar-refractivity contribution in [2.75, 3.05) is 18.1 Å². The van der Waals surface area contributed by atoms with Crippen LogP contribution in [-0.2, 0) is 19.4 Å². The SMILES string of the molecule is CC(C)(C)NC(=O)CNC(=O)C1CCS(=O)(=O)C1. The summed E-state index contributed by atoms with van der Waals surface area (Å²) in [5.41, 5.74) is -0.349. The van der Waals surface area contributed by atoms with Gasteiger partial charge < -0.3 is 10.6 Å². The van der Waals surface area contributed by atoms with Crippen molar-refractivity contribution in [1.82, 2.24) is 10.6 Å². The minimum Gasteiger partial charge on any atom is -0.350 e. The van der Waals surface area contributed by atoms with Gasteiger partial charge in [0.05, 0.1) is 24.0 Å². The molecule has 0 aromatic rings. The normalized spacial score (nSPS) is 22.5. The fourth-order valence-electron chi connectivity index (χ4n) is 1.78. The Kier molecular flexibility index (Phi) is 4.37. The number of hydrogen-bond donors (Lipinski definition) is 2. The van der Waals surface area contributed by atoms with E-state index in [0.717, 1.165) is 0 Å². The summed E-state index contributed by atoms with van der Waals surface area (Å²) in [4.78, 5) is 23.1. The predicted molar refractivity (Wildman–Crippen MR) is 67.7 cm³/mol. The Hall–Kier alpha value is -1.11. The number of amides is 2. The molecular formula is C11H20N2O4S. The van der Waals surface area contributed by atoms with Crippen molar-refractivity contribution < 1.29 is 18.0 Å². The number of sulfone groups is 1. The summed E-state index contributed by atoms with van der Waals surface area (Å²) < 4.78 is 22.4. The largest absolute Gasteiger partial charge is 0.350 e. The van der Waals surface area contributed by atoms with E-state index < -0.39 is 15.8 Å². The van der Waals surface area contributed by atoms with Gasteiger partial charge in [0.2, 0.25) is 11.8 Å². The van der Waals surface area contributed by atoms with E-state index in [1.165, 1.54) is 0 Å². The van der Waals surface area contributed by atoms with Crippen molar-refractivity contribution in [3.05, 3.63) is 0 Å². The van der Waals surface area contributed by atoms with Crippen LogP contribution in [0.15, 0.2) is 0 Å². The Balaban J connectivity index is 2.36. The molecule has 0 aromatic carbocycles. The maximum atomic E-state index is 11.6. The zero-order valence-electron chi connectivity index (χ0n) is 10.9. The van der Waals surface area contributed by atoms with E-state index in [0.29, 0.717) is 6.42 Å². The first-order valence-electron chi connectivity index (χ1n) is 5.88. The van der Waals surface area contributed by atoms with Gasteiger partial charge in [-0.2, -0.15) is 0 Å². The second kappa shape index (κ2) is 5.26. The van der Waals surface area contributed by atoms with Gasteiger partial charge in [-0.15, -0.1) is 0 Å². The number of hydrogen-bond acceptors (Lipinski definition) is 4. The van der Waals surface area contributed by atoms with Gasteiger partial charge in [0.1, 0.15) is 0 Å². The van der Waals surface area contributed by atoms with E-state index in [2.05, 4.69) is 10.6 Å². The van der Waals surface area contributed by atoms with Gasteiger partial charge in [0.15, 0.2) is 9.84 Å². The van der Waals surface area contributed by atoms with Crippen LogP contribution in [0.1, 0.15) is 27.2 Å². The molecule has 1 fully saturated rings. The third-order valence-electron chi connectivity index (χ3n) is 2.54. The molecule has 1 aliphatic rings. The standard InChI is InChI=1S/C11H20N2O4S/c1-11(2,3)13-9(14)6-12-10(15)8-4-5-18(16,17)7-8/h8H,4-7H2,1-3H3,(H,12,15)(H,13,14). The first-order chi connectivity index (χ1) is 8.09. The Labute approximate surface area is 107 Å². The van der Waals surface area contributed by atoms with Crippen molar-refractivity contribution >= 4 is 21.7 Å². The lowest BCUT2D eigenvalue weighted by Gasteiger charge is -2.20. The van der Waals surface area contributed by atoms with Crippen LogP contribution < -0.4 is 10.6 Å². The Morgan fingerprint density at radius 1 is 1.28 bits per heavy atom. The van der Waals surface area contributed by atoms with Gasteiger partial charge in [0.25, 0.3) is 0 Å². The Morgan fingerprint density at radius 2 is 1.89 bits per heavy atom. The molecule has 1 atom stereocenters. The van der Waals surface area contributed by atoms with Crippen LogP contribution in [0.3, 0.4) is 0 Å². The summed E-state index contributed by atoms with van der Waals surface area (Å²) in [7, 11) is -3.07. The van der Waals surface area contributed by atoms with Gasteiger partial charge in [-0.1, -0.05) is 0 Å². The zero-order chi connectivity index (χ0) is 14.0. The topological polar surface area (TPSA) is 92.3 Å². The van der Waals surface area contributed by atoms with Crippen molar-refractivity contribution in [3.8, 4) is 0 Å². The molecule has 0 radical (unpaired) electrons. The van der Waals surface area contributed by atoms with Crippen LogP contribution >= 0.6 is 0 Å². The van der Waals surface area contributed by atoms with E-state index in [1.54, 1.807) is 0 Å². The van der Waals surface area contributed by atoms with Crippen molar-refractivity contribution in [3.63, 3.8) is 0 Å². The average molecular weight is 276 g/mol. The fraction of sp³-hybridized carbons (Fsp3) is 0.818. The molecule has 1 aliphatic heterocycles. The molecule has 104 valence electrons. The summed E-state index contributed by atoms with van der Waals surface area (Å²) in [5, 5.41) is 5.18. The predicted octanol–water partition coefficient (Wildman–Crippen LogP) is -0.548. The lowest BCUT2D eigenvalue weighted by atomic mass is 10.1. The van der Waals surface area contributed by atoms with E-state index in [4.69, 9.17) is 0 Å². The highest BCUT2D eigenvalue weighted by Crippen LogP contribution is 2.18. The van der Waals surface area contributed by atoms with Gasteiger partial charge in [-0.05, 0) is 27.2 Å². The minimum absolute atomic E-state index is 0.0548. The van der Waals surface area contributed by atoms with Crippen LogP contribution in [0, 0.1) is 5.92 Å². The number of carbonyl (C=O) groups is 2. The fourth-order valence-corrected chi connectivity index (χ4v) is 3.52. The van der Waals surface area contributed by atoms with Gasteiger partial charge in [0, 0.05) is 5.54 Å². The smallest absolute Gasteiger partial charge is 0.239 e. The zero-order valence-corrected chi connectivity index (χ0v) is 11.8. The summed E-state index contributed by atoms with van der Waals surface area (Å²) in [5.74, 6) is -1.21. The molecule has 0 spiro atoms. The molecule has 1 saturated heterocycles. The molecular weight excluding hydrogens is 256 g/mol. The summed E-state index contributed by atoms with van der Waals surface area (Å²) >= 11 is 0. The van der Waals surface area contributed by atoms with Crippen LogP contribution in [0.2, 0.25) is 0 Å². The molecule has 6 nitrogen and oxygen atoms in total. The molecule has 7 heteroatoms. The van der Waals surface area contributed by atoms with Gasteiger partial charge >= 0.3 is 0 Å². The first-order valence-corrected chi connectivity index (χ1v) is 7.70. The molecule has 0 saturated carbocycles. The Bertz CT molecular complexity index is 436. The average Bonchev–Trinajstić information content (AvgIpc) is 2.52. The van der Waals surface area contributed by atoms with E-state index in [-0.39, 0.29) is 35.4 Å². The maximum absolute atomic E-state index is 11.6. The number of carbonyl (C=O) groups excluding carboxylic acids is 2. The maximum Gasteiger partial charge on any atom is 0.239 e. The molecule has 1 heterocycles. The lowest BCUT2D eigenvalue weighted by molar-refractivity contribution is -0.128. The van der Waals surface area contributed by atoms with E-state index in [9.17, 15) is 18.0 Å². The third-order valence-corrected chi connectivity index (χ3v) is 4.31. The molecule has 0 aromatic heterocycles. The Morgan fingerprint density at radius 3 is 2.33 bits per heavy atom. The lowest BCUT2D eigenvalue weighted by Crippen LogP contribution is -2.46. The molecule has 1 unspecified atom stereocenters. The molecule has 2 N–H and O–H groups in total. The van der Waals surface area contributed by atoms with Gasteiger partial charge in [-0.3, -0.25) is 9.59 Å². The second-order valence-corrected chi connectivity index (χ2v) is 7.84. The number of rotatable bonds is 3. The quantitative estimate of drug-likeness (QED) is 0.723. The summed E-state index contributed by atoms with van der Waals surface area (Å²) in [6.07, 6.45) is 0.342. The van der Waals surface area contributed by atoms with Crippen LogP contribution in [-0.4, -0.2) is 43.8 Å². The summed E-state index contributed by atoms with van der Waals surface area (Å²) in [6.45, 7) is 5.41. The highest BCUT2D eigenvalue weighted by Gasteiger charge is 2.32. The van der Waals surface area contributed by atoms with Crippen LogP contribution in [0.4, 0.5) is 0 Å². The first kappa shape index (κ1) is 14.9. The number of nitrogens with one attached hydrogen (secondary N) is 2. The monoisotopic (exact) mass is 276 g/mol. The van der Waals surface area contributed by atoms with E-state index >= 15 is 0 Å². The highest BCUT2D eigenvalue weighted by molar-refractivity contribution is 7.91. The molecule has 0 aliphatic carbocycles. The van der Waals surface area contributed by atoms with E-state index in [1.807, 2.05) is 20.8 Å². The molecule has 2 amide bonds.